The minimum absolute atomic E-state index is 0. The minimum Gasteiger partial charge on any atom is -0.443 e. The van der Waals surface area contributed by atoms with E-state index in [1.165, 1.54) is 0 Å². The second-order valence-corrected chi connectivity index (χ2v) is 3.45. The molecule has 1 rings (SSSR count). The molecule has 1 amide bonds. The summed E-state index contributed by atoms with van der Waals surface area (Å²) in [6.45, 7) is 0.233. The van der Waals surface area contributed by atoms with Gasteiger partial charge in [-0.1, -0.05) is 30.3 Å². The van der Waals surface area contributed by atoms with E-state index in [1.54, 1.807) is 0 Å². The van der Waals surface area contributed by atoms with Gasteiger partial charge in [0, 0.05) is 19.5 Å². The third-order valence-corrected chi connectivity index (χ3v) is 1.70. The van der Waals surface area contributed by atoms with Gasteiger partial charge in [-0.2, -0.15) is 3.71 Å². The van der Waals surface area contributed by atoms with Gasteiger partial charge in [0.15, 0.2) is 0 Å². The number of nitrogens with zero attached hydrogens (tertiary/aromatic N) is 1. The van der Waals surface area contributed by atoms with E-state index >= 15 is 0 Å². The number of rotatable bonds is 2. The van der Waals surface area contributed by atoms with Crippen LogP contribution in [-0.4, -0.2) is 9.80 Å². The summed E-state index contributed by atoms with van der Waals surface area (Å²) in [5.74, 6) is 0. The van der Waals surface area contributed by atoms with Crippen molar-refractivity contribution in [2.24, 2.45) is 0 Å². The zero-order chi connectivity index (χ0) is 9.68. The molecule has 0 N–H and O–H groups in total. The molecule has 0 bridgehead atoms. The largest absolute Gasteiger partial charge is 0.443 e. The van der Waals surface area contributed by atoms with Crippen LogP contribution in [0.5, 0.6) is 0 Å². The number of benzene rings is 1. The average molecular weight is 281 g/mol. The van der Waals surface area contributed by atoms with Crippen molar-refractivity contribution in [2.45, 2.75) is 6.61 Å². The second kappa shape index (κ2) is 7.15. The van der Waals surface area contributed by atoms with Gasteiger partial charge in [-0.3, -0.25) is 0 Å². The number of ether oxygens (including phenoxy) is 1. The number of carbonyl (C=O) groups is 1. The van der Waals surface area contributed by atoms with Gasteiger partial charge in [0.25, 0.3) is 0 Å². The number of hydrogen-bond acceptors (Lipinski definition) is 4. The van der Waals surface area contributed by atoms with E-state index in [4.69, 9.17) is 4.74 Å². The summed E-state index contributed by atoms with van der Waals surface area (Å²) in [7, 11) is 0. The normalized spacial score (nSPS) is 8.71. The molecular weight excluding hydrogens is 272 g/mol. The average Bonchev–Trinajstić information content (AvgIpc) is 2.15. The first kappa shape index (κ1) is 13.8. The molecule has 6 heteroatoms. The van der Waals surface area contributed by atoms with E-state index < -0.39 is 6.09 Å². The van der Waals surface area contributed by atoms with Crippen molar-refractivity contribution in [3.05, 3.63) is 35.9 Å². The molecule has 0 radical (unpaired) electrons. The quantitative estimate of drug-likeness (QED) is 0.643. The molecule has 0 atom stereocenters. The summed E-state index contributed by atoms with van der Waals surface area (Å²) in [4.78, 5) is 10.9. The van der Waals surface area contributed by atoms with Gasteiger partial charge in [0.2, 0.25) is 0 Å². The van der Waals surface area contributed by atoms with Gasteiger partial charge >= 0.3 is 6.09 Å². The first-order valence-corrected chi connectivity index (χ1v) is 4.38. The topological polar surface area (TPSA) is 29.5 Å². The van der Waals surface area contributed by atoms with Crippen LogP contribution in [0.3, 0.4) is 0 Å². The molecule has 1 aromatic carbocycles. The molecule has 0 aliphatic carbocycles. The van der Waals surface area contributed by atoms with Crippen LogP contribution < -0.4 is 0 Å². The van der Waals surface area contributed by atoms with Crippen LogP contribution in [0.1, 0.15) is 5.56 Å². The summed E-state index contributed by atoms with van der Waals surface area (Å²) in [5.41, 5.74) is 0.930. The summed E-state index contributed by atoms with van der Waals surface area (Å²) < 4.78 is 5.62. The molecular formula is C8H9NO2S2Zn. The molecule has 0 aliphatic heterocycles. The summed E-state index contributed by atoms with van der Waals surface area (Å²) in [5, 5.41) is 0. The monoisotopic (exact) mass is 279 g/mol. The van der Waals surface area contributed by atoms with Gasteiger partial charge in [-0.25, -0.2) is 4.79 Å². The van der Waals surface area contributed by atoms with Crippen molar-refractivity contribution < 1.29 is 29.0 Å². The van der Waals surface area contributed by atoms with Crippen LogP contribution in [0.4, 0.5) is 4.79 Å². The van der Waals surface area contributed by atoms with E-state index in [9.17, 15) is 4.79 Å². The first-order chi connectivity index (χ1) is 6.20. The molecule has 14 heavy (non-hydrogen) atoms. The fourth-order valence-electron chi connectivity index (χ4n) is 0.777. The zero-order valence-corrected chi connectivity index (χ0v) is 12.2. The van der Waals surface area contributed by atoms with Crippen molar-refractivity contribution >= 4 is 31.7 Å². The van der Waals surface area contributed by atoms with Gasteiger partial charge in [-0.05, 0) is 31.2 Å². The molecule has 1 aromatic rings. The molecule has 72 valence electrons. The SMILES string of the molecule is O=C(OCc1ccccc1)N(S)S.[Zn]. The number of amides is 1. The Kier molecular flexibility index (Phi) is 7.06. The minimum atomic E-state index is -0.587. The summed E-state index contributed by atoms with van der Waals surface area (Å²) >= 11 is 7.32. The zero-order valence-electron chi connectivity index (χ0n) is 7.46. The summed E-state index contributed by atoms with van der Waals surface area (Å²) in [6, 6.07) is 9.39. The third-order valence-electron chi connectivity index (χ3n) is 1.37. The predicted molar refractivity (Wildman–Crippen MR) is 56.4 cm³/mol. The van der Waals surface area contributed by atoms with Crippen LogP contribution in [0, 0.1) is 0 Å². The van der Waals surface area contributed by atoms with Gasteiger partial charge in [0.1, 0.15) is 6.61 Å². The predicted octanol–water partition coefficient (Wildman–Crippen LogP) is 2.31. The molecule has 0 aromatic heterocycles. The second-order valence-electron chi connectivity index (χ2n) is 2.33. The number of hydrogen-bond donors (Lipinski definition) is 2. The van der Waals surface area contributed by atoms with Crippen LogP contribution in [0.2, 0.25) is 0 Å². The van der Waals surface area contributed by atoms with Crippen LogP contribution in [-0.2, 0) is 30.8 Å². The van der Waals surface area contributed by atoms with E-state index in [0.29, 0.717) is 0 Å². The Morgan fingerprint density at radius 1 is 1.29 bits per heavy atom. The third kappa shape index (κ3) is 4.89. The molecule has 0 saturated heterocycles. The Labute approximate surface area is 107 Å². The number of carbonyl (C=O) groups excluding carboxylic acids is 1. The first-order valence-electron chi connectivity index (χ1n) is 3.58. The molecule has 0 unspecified atom stereocenters. The molecule has 0 aliphatic rings. The van der Waals surface area contributed by atoms with Crippen molar-refractivity contribution in [1.82, 2.24) is 3.71 Å². The standard InChI is InChI=1S/C8H9NO2S2.Zn/c10-8(9(12)13)11-6-7-4-2-1-3-5-7;/h1-5,12-13H,6H2;. The van der Waals surface area contributed by atoms with E-state index in [1.807, 2.05) is 30.3 Å². The smallest absolute Gasteiger partial charge is 0.430 e. The van der Waals surface area contributed by atoms with Gasteiger partial charge in [-0.15, -0.1) is 0 Å². The Morgan fingerprint density at radius 3 is 2.36 bits per heavy atom. The molecule has 0 spiro atoms. The van der Waals surface area contributed by atoms with Crippen LogP contribution >= 0.6 is 25.6 Å². The van der Waals surface area contributed by atoms with Crippen molar-refractivity contribution in [3.63, 3.8) is 0 Å². The Morgan fingerprint density at radius 2 is 1.86 bits per heavy atom. The van der Waals surface area contributed by atoms with Gasteiger partial charge < -0.3 is 4.74 Å². The summed E-state index contributed by atoms with van der Waals surface area (Å²) in [6.07, 6.45) is -0.587. The molecule has 0 fully saturated rings. The fourth-order valence-corrected chi connectivity index (χ4v) is 0.893. The van der Waals surface area contributed by atoms with E-state index in [2.05, 4.69) is 25.6 Å². The number of thiol groups is 2. The maximum absolute atomic E-state index is 10.9. The van der Waals surface area contributed by atoms with Crippen LogP contribution in [0.25, 0.3) is 0 Å². The molecule has 3 nitrogen and oxygen atoms in total. The van der Waals surface area contributed by atoms with Crippen molar-refractivity contribution in [1.29, 1.82) is 0 Å². The Hall–Kier alpha value is -0.187. The molecule has 0 heterocycles. The Balaban J connectivity index is 0.00000169. The van der Waals surface area contributed by atoms with Crippen molar-refractivity contribution in [3.8, 4) is 0 Å². The van der Waals surface area contributed by atoms with Crippen LogP contribution in [0.15, 0.2) is 30.3 Å². The van der Waals surface area contributed by atoms with E-state index in [-0.39, 0.29) is 26.1 Å². The Bertz CT molecular complexity index is 282. The van der Waals surface area contributed by atoms with Gasteiger partial charge in [0.05, 0.1) is 0 Å². The molecule has 0 saturated carbocycles. The van der Waals surface area contributed by atoms with E-state index in [0.717, 1.165) is 9.27 Å². The maximum Gasteiger partial charge on any atom is 0.430 e. The fraction of sp³-hybridized carbons (Fsp3) is 0.125. The maximum atomic E-state index is 10.9. The van der Waals surface area contributed by atoms with Crippen molar-refractivity contribution in [2.75, 3.05) is 0 Å².